The number of carbonyl (C=O) groups excluding carboxylic acids is 1. The van der Waals surface area contributed by atoms with Gasteiger partial charge in [0.05, 0.1) is 5.92 Å². The van der Waals surface area contributed by atoms with E-state index in [0.29, 0.717) is 12.3 Å². The number of amides is 1. The number of likely N-dealkylation sites (tertiary alicyclic amines) is 1. The second-order valence-electron chi connectivity index (χ2n) is 6.96. The van der Waals surface area contributed by atoms with Crippen molar-refractivity contribution in [3.8, 4) is 5.75 Å². The molecule has 138 valence electrons. The number of benzene rings is 1. The molecule has 0 saturated carbocycles. The number of rotatable bonds is 5. The zero-order valence-electron chi connectivity index (χ0n) is 15.2. The summed E-state index contributed by atoms with van der Waals surface area (Å²) in [6, 6.07) is 9.26. The maximum Gasteiger partial charge on any atom is 0.308 e. The Morgan fingerprint density at radius 2 is 2.00 bits per heavy atom. The molecule has 1 fully saturated rings. The van der Waals surface area contributed by atoms with Crippen LogP contribution in [0.15, 0.2) is 34.7 Å². The number of carbonyl (C=O) groups is 2. The fourth-order valence-corrected chi connectivity index (χ4v) is 3.29. The van der Waals surface area contributed by atoms with Crippen molar-refractivity contribution in [1.82, 2.24) is 4.90 Å². The van der Waals surface area contributed by atoms with Gasteiger partial charge in [-0.15, -0.1) is 0 Å². The quantitative estimate of drug-likeness (QED) is 0.888. The Kier molecular flexibility index (Phi) is 5.02. The molecule has 1 aliphatic heterocycles. The summed E-state index contributed by atoms with van der Waals surface area (Å²) in [4.78, 5) is 25.3. The summed E-state index contributed by atoms with van der Waals surface area (Å²) in [7, 11) is 0. The predicted molar refractivity (Wildman–Crippen MR) is 95.1 cm³/mol. The van der Waals surface area contributed by atoms with Crippen LogP contribution in [-0.4, -0.2) is 35.0 Å². The molecular weight excluding hydrogens is 334 g/mol. The molecule has 3 rings (SSSR count). The third-order valence-electron chi connectivity index (χ3n) is 4.79. The SMILES string of the molecule is Cc1ccc(OCc2ccc(C(=O)N3C[C@@H](C)[C@H](C(=O)O)C3)o2)c(C)c1. The lowest BCUT2D eigenvalue weighted by molar-refractivity contribution is -0.142. The number of ether oxygens (including phenoxy) is 1. The second kappa shape index (κ2) is 7.23. The van der Waals surface area contributed by atoms with Gasteiger partial charge in [-0.2, -0.15) is 0 Å². The van der Waals surface area contributed by atoms with Gasteiger partial charge < -0.3 is 19.2 Å². The highest BCUT2D eigenvalue weighted by atomic mass is 16.5. The summed E-state index contributed by atoms with van der Waals surface area (Å²) in [5.41, 5.74) is 2.21. The largest absolute Gasteiger partial charge is 0.485 e. The van der Waals surface area contributed by atoms with Crippen LogP contribution in [0.5, 0.6) is 5.75 Å². The van der Waals surface area contributed by atoms with E-state index in [0.717, 1.165) is 11.3 Å². The molecule has 6 heteroatoms. The number of nitrogens with zero attached hydrogens (tertiary/aromatic N) is 1. The topological polar surface area (TPSA) is 80.0 Å². The lowest BCUT2D eigenvalue weighted by Crippen LogP contribution is -2.29. The minimum absolute atomic E-state index is 0.0706. The fraction of sp³-hybridized carbons (Fsp3) is 0.400. The second-order valence-corrected chi connectivity index (χ2v) is 6.96. The molecule has 1 aromatic carbocycles. The number of carboxylic acids is 1. The van der Waals surface area contributed by atoms with Crippen molar-refractivity contribution in [2.24, 2.45) is 11.8 Å². The lowest BCUT2D eigenvalue weighted by atomic mass is 9.99. The van der Waals surface area contributed by atoms with Gasteiger partial charge in [0, 0.05) is 13.1 Å². The fourth-order valence-electron chi connectivity index (χ4n) is 3.29. The van der Waals surface area contributed by atoms with Crippen molar-refractivity contribution < 1.29 is 23.8 Å². The van der Waals surface area contributed by atoms with Crippen LogP contribution >= 0.6 is 0 Å². The van der Waals surface area contributed by atoms with Crippen molar-refractivity contribution in [3.05, 3.63) is 53.0 Å². The van der Waals surface area contributed by atoms with Gasteiger partial charge in [-0.1, -0.05) is 24.6 Å². The summed E-state index contributed by atoms with van der Waals surface area (Å²) in [6.45, 7) is 6.71. The third kappa shape index (κ3) is 3.74. The van der Waals surface area contributed by atoms with Crippen molar-refractivity contribution in [2.45, 2.75) is 27.4 Å². The maximum absolute atomic E-state index is 12.5. The summed E-state index contributed by atoms with van der Waals surface area (Å²) in [6.07, 6.45) is 0. The Hall–Kier alpha value is -2.76. The van der Waals surface area contributed by atoms with Crippen LogP contribution < -0.4 is 4.74 Å². The van der Waals surface area contributed by atoms with Crippen LogP contribution in [0.1, 0.15) is 34.4 Å². The summed E-state index contributed by atoms with van der Waals surface area (Å²) in [5.74, 6) is -0.205. The number of hydrogen-bond acceptors (Lipinski definition) is 4. The Bertz CT molecular complexity index is 825. The minimum Gasteiger partial charge on any atom is -0.485 e. The molecule has 1 saturated heterocycles. The Balaban J connectivity index is 1.62. The smallest absolute Gasteiger partial charge is 0.308 e. The van der Waals surface area contributed by atoms with Crippen molar-refractivity contribution in [2.75, 3.05) is 13.1 Å². The Morgan fingerprint density at radius 3 is 2.65 bits per heavy atom. The van der Waals surface area contributed by atoms with Gasteiger partial charge >= 0.3 is 5.97 Å². The van der Waals surface area contributed by atoms with Gasteiger partial charge in [-0.3, -0.25) is 9.59 Å². The number of hydrogen-bond donors (Lipinski definition) is 1. The molecule has 2 atom stereocenters. The first-order chi connectivity index (χ1) is 12.3. The minimum atomic E-state index is -0.866. The van der Waals surface area contributed by atoms with E-state index in [9.17, 15) is 14.7 Å². The van der Waals surface area contributed by atoms with Crippen LogP contribution in [0.2, 0.25) is 0 Å². The summed E-state index contributed by atoms with van der Waals surface area (Å²) in [5, 5.41) is 9.20. The molecule has 0 unspecified atom stereocenters. The van der Waals surface area contributed by atoms with E-state index in [1.165, 1.54) is 10.5 Å². The highest BCUT2D eigenvalue weighted by Crippen LogP contribution is 2.26. The average molecular weight is 357 g/mol. The molecule has 1 aromatic heterocycles. The van der Waals surface area contributed by atoms with E-state index in [1.807, 2.05) is 39.0 Å². The van der Waals surface area contributed by atoms with Gasteiger partial charge in [-0.05, 0) is 43.5 Å². The van der Waals surface area contributed by atoms with Gasteiger partial charge in [0.2, 0.25) is 0 Å². The molecule has 1 amide bonds. The zero-order chi connectivity index (χ0) is 18.8. The first-order valence-electron chi connectivity index (χ1n) is 8.66. The van der Waals surface area contributed by atoms with E-state index < -0.39 is 11.9 Å². The average Bonchev–Trinajstić information content (AvgIpc) is 3.20. The predicted octanol–water partition coefficient (Wildman–Crippen LogP) is 3.27. The monoisotopic (exact) mass is 357 g/mol. The standard InChI is InChI=1S/C20H23NO5/c1-12-4-6-17(13(2)8-12)25-11-15-5-7-18(26-15)19(22)21-9-14(3)16(10-21)20(23)24/h4-8,14,16H,9-11H2,1-3H3,(H,23,24)/t14-,16-/m1/s1. The van der Waals surface area contributed by atoms with E-state index in [4.69, 9.17) is 9.15 Å². The Labute approximate surface area is 152 Å². The van der Waals surface area contributed by atoms with Gasteiger partial charge in [-0.25, -0.2) is 0 Å². The van der Waals surface area contributed by atoms with Gasteiger partial charge in [0.1, 0.15) is 18.1 Å². The molecule has 2 aromatic rings. The van der Waals surface area contributed by atoms with Crippen LogP contribution in [0.25, 0.3) is 0 Å². The molecule has 0 radical (unpaired) electrons. The molecule has 0 bridgehead atoms. The van der Waals surface area contributed by atoms with Crippen molar-refractivity contribution in [1.29, 1.82) is 0 Å². The van der Waals surface area contributed by atoms with Crippen molar-refractivity contribution >= 4 is 11.9 Å². The highest BCUT2D eigenvalue weighted by molar-refractivity contribution is 5.92. The third-order valence-corrected chi connectivity index (χ3v) is 4.79. The lowest BCUT2D eigenvalue weighted by Gasteiger charge is -2.14. The molecular formula is C20H23NO5. The maximum atomic E-state index is 12.5. The van der Waals surface area contributed by atoms with Crippen LogP contribution in [0, 0.1) is 25.7 Å². The van der Waals surface area contributed by atoms with Crippen molar-refractivity contribution in [3.63, 3.8) is 0 Å². The van der Waals surface area contributed by atoms with E-state index in [2.05, 4.69) is 0 Å². The number of carboxylic acid groups (broad SMARTS) is 1. The number of aryl methyl sites for hydroxylation is 2. The van der Waals surface area contributed by atoms with Crippen LogP contribution in [0.4, 0.5) is 0 Å². The van der Waals surface area contributed by atoms with E-state index in [1.54, 1.807) is 12.1 Å². The molecule has 6 nitrogen and oxygen atoms in total. The van der Waals surface area contributed by atoms with Crippen LogP contribution in [-0.2, 0) is 11.4 Å². The molecule has 26 heavy (non-hydrogen) atoms. The first kappa shape index (κ1) is 18.0. The highest BCUT2D eigenvalue weighted by Gasteiger charge is 2.37. The van der Waals surface area contributed by atoms with Crippen LogP contribution in [0.3, 0.4) is 0 Å². The first-order valence-corrected chi connectivity index (χ1v) is 8.66. The molecule has 1 aliphatic rings. The van der Waals surface area contributed by atoms with E-state index >= 15 is 0 Å². The number of aliphatic carboxylic acids is 1. The number of furan rings is 1. The molecule has 0 aliphatic carbocycles. The molecule has 1 N–H and O–H groups in total. The van der Waals surface area contributed by atoms with Gasteiger partial charge in [0.15, 0.2) is 5.76 Å². The Morgan fingerprint density at radius 1 is 1.23 bits per heavy atom. The molecule has 0 spiro atoms. The van der Waals surface area contributed by atoms with Gasteiger partial charge in [0.25, 0.3) is 5.91 Å². The normalized spacial score (nSPS) is 19.6. The summed E-state index contributed by atoms with van der Waals surface area (Å²) >= 11 is 0. The van der Waals surface area contributed by atoms with E-state index in [-0.39, 0.29) is 30.7 Å². The molecule has 2 heterocycles. The summed E-state index contributed by atoms with van der Waals surface area (Å²) < 4.78 is 11.4. The zero-order valence-corrected chi connectivity index (χ0v) is 15.2.